The molecule has 5 nitrogen and oxygen atoms in total. The van der Waals surface area contributed by atoms with Gasteiger partial charge in [0.05, 0.1) is 6.10 Å². The molecule has 1 aromatic carbocycles. The fourth-order valence-electron chi connectivity index (χ4n) is 2.15. The minimum atomic E-state index is -0.235. The van der Waals surface area contributed by atoms with E-state index in [9.17, 15) is 5.11 Å². The minimum absolute atomic E-state index is 0.0404. The molecule has 4 N–H and O–H groups in total. The normalized spacial score (nSPS) is 18.1. The van der Waals surface area contributed by atoms with Crippen molar-refractivity contribution in [1.29, 1.82) is 0 Å². The summed E-state index contributed by atoms with van der Waals surface area (Å²) in [5.74, 6) is 0.0404. The number of nitrogens with zero attached hydrogens (tertiary/aromatic N) is 2. The molecule has 0 saturated carbocycles. The average Bonchev–Trinajstić information content (AvgIpc) is 2.39. The molecule has 1 aliphatic heterocycles. The maximum Gasteiger partial charge on any atom is 0.172 e. The summed E-state index contributed by atoms with van der Waals surface area (Å²) < 4.78 is 0. The van der Waals surface area contributed by atoms with Crippen LogP contribution >= 0.6 is 11.6 Å². The molecule has 0 atom stereocenters. The molecule has 0 unspecified atom stereocenters. The number of nitrogens with two attached hydrogens (primary N) is 1. The second-order valence-corrected chi connectivity index (χ2v) is 4.80. The molecule has 1 aromatic rings. The Kier molecular flexibility index (Phi) is 3.93. The molecule has 98 valence electrons. The number of anilines is 1. The quantitative estimate of drug-likeness (QED) is 0.328. The van der Waals surface area contributed by atoms with Gasteiger partial charge in [0.25, 0.3) is 0 Å². The van der Waals surface area contributed by atoms with E-state index in [1.807, 2.05) is 6.07 Å². The van der Waals surface area contributed by atoms with Crippen LogP contribution in [-0.2, 0) is 0 Å². The van der Waals surface area contributed by atoms with Crippen LogP contribution in [-0.4, -0.2) is 35.3 Å². The monoisotopic (exact) mass is 269 g/mol. The van der Waals surface area contributed by atoms with Crippen molar-refractivity contribution in [2.24, 2.45) is 10.9 Å². The molecule has 1 fully saturated rings. The third-order valence-corrected chi connectivity index (χ3v) is 3.38. The van der Waals surface area contributed by atoms with Gasteiger partial charge in [-0.3, -0.25) is 0 Å². The summed E-state index contributed by atoms with van der Waals surface area (Å²) in [6.45, 7) is 1.49. The first-order valence-electron chi connectivity index (χ1n) is 5.82. The topological polar surface area (TPSA) is 82.1 Å². The van der Waals surface area contributed by atoms with Gasteiger partial charge >= 0.3 is 0 Å². The molecular formula is C12H16ClN3O2. The molecule has 0 aromatic heterocycles. The van der Waals surface area contributed by atoms with Crippen molar-refractivity contribution >= 4 is 23.1 Å². The van der Waals surface area contributed by atoms with Gasteiger partial charge in [0.2, 0.25) is 0 Å². The van der Waals surface area contributed by atoms with Crippen LogP contribution in [0.3, 0.4) is 0 Å². The van der Waals surface area contributed by atoms with Gasteiger partial charge in [-0.2, -0.15) is 0 Å². The van der Waals surface area contributed by atoms with Gasteiger partial charge in [-0.15, -0.1) is 0 Å². The minimum Gasteiger partial charge on any atom is -0.409 e. The van der Waals surface area contributed by atoms with Crippen LogP contribution in [0.5, 0.6) is 0 Å². The summed E-state index contributed by atoms with van der Waals surface area (Å²) in [6.07, 6.45) is 1.21. The van der Waals surface area contributed by atoms with Crippen LogP contribution in [0.2, 0.25) is 5.02 Å². The summed E-state index contributed by atoms with van der Waals surface area (Å²) in [5, 5.41) is 21.9. The van der Waals surface area contributed by atoms with E-state index in [1.165, 1.54) is 0 Å². The van der Waals surface area contributed by atoms with Crippen molar-refractivity contribution in [3.8, 4) is 0 Å². The summed E-state index contributed by atoms with van der Waals surface area (Å²) >= 11 is 5.93. The summed E-state index contributed by atoms with van der Waals surface area (Å²) in [7, 11) is 0. The van der Waals surface area contributed by atoms with Crippen molar-refractivity contribution in [1.82, 2.24) is 0 Å². The second-order valence-electron chi connectivity index (χ2n) is 4.36. The molecule has 0 aliphatic carbocycles. The van der Waals surface area contributed by atoms with Crippen molar-refractivity contribution in [3.05, 3.63) is 28.8 Å². The average molecular weight is 270 g/mol. The molecule has 1 aliphatic rings. The number of amidine groups is 1. The highest BCUT2D eigenvalue weighted by Crippen LogP contribution is 2.27. The standard InChI is InChI=1S/C12H16ClN3O2/c13-8-1-2-11(10(7-8)12(14)15-18)16-5-3-9(17)4-6-16/h1-2,7,9,17-18H,3-6H2,(H2,14,15). The van der Waals surface area contributed by atoms with Gasteiger partial charge in [-0.25, -0.2) is 0 Å². The smallest absolute Gasteiger partial charge is 0.172 e. The third kappa shape index (κ3) is 2.68. The van der Waals surface area contributed by atoms with Crippen LogP contribution in [0, 0.1) is 0 Å². The van der Waals surface area contributed by atoms with Gasteiger partial charge in [-0.1, -0.05) is 16.8 Å². The first kappa shape index (κ1) is 13.0. The van der Waals surface area contributed by atoms with Crippen LogP contribution in [0.25, 0.3) is 0 Å². The van der Waals surface area contributed by atoms with E-state index in [-0.39, 0.29) is 11.9 Å². The van der Waals surface area contributed by atoms with E-state index in [2.05, 4.69) is 10.1 Å². The highest BCUT2D eigenvalue weighted by atomic mass is 35.5. The Morgan fingerprint density at radius 2 is 2.06 bits per heavy atom. The van der Waals surface area contributed by atoms with E-state index in [4.69, 9.17) is 22.5 Å². The number of oxime groups is 1. The van der Waals surface area contributed by atoms with Gasteiger partial charge in [0, 0.05) is 29.4 Å². The molecule has 2 rings (SSSR count). The lowest BCUT2D eigenvalue weighted by atomic mass is 10.0. The Hall–Kier alpha value is -1.46. The molecular weight excluding hydrogens is 254 g/mol. The zero-order chi connectivity index (χ0) is 13.1. The van der Waals surface area contributed by atoms with E-state index in [0.29, 0.717) is 10.6 Å². The number of benzene rings is 1. The lowest BCUT2D eigenvalue weighted by Gasteiger charge is -2.32. The first-order valence-corrected chi connectivity index (χ1v) is 6.20. The fourth-order valence-corrected chi connectivity index (χ4v) is 2.32. The zero-order valence-corrected chi connectivity index (χ0v) is 10.6. The summed E-state index contributed by atoms with van der Waals surface area (Å²) in [5.41, 5.74) is 7.15. The van der Waals surface area contributed by atoms with Gasteiger partial charge in [0.1, 0.15) is 0 Å². The molecule has 0 spiro atoms. The summed E-state index contributed by atoms with van der Waals surface area (Å²) in [6, 6.07) is 5.31. The van der Waals surface area contributed by atoms with Crippen LogP contribution in [0.4, 0.5) is 5.69 Å². The Balaban J connectivity index is 2.32. The third-order valence-electron chi connectivity index (χ3n) is 3.15. The number of rotatable bonds is 2. The largest absolute Gasteiger partial charge is 0.409 e. The molecule has 6 heteroatoms. The Bertz CT molecular complexity index is 457. The predicted molar refractivity (Wildman–Crippen MR) is 71.4 cm³/mol. The maximum absolute atomic E-state index is 9.51. The van der Waals surface area contributed by atoms with Crippen LogP contribution in [0.15, 0.2) is 23.4 Å². The zero-order valence-electron chi connectivity index (χ0n) is 9.88. The van der Waals surface area contributed by atoms with Gasteiger partial charge < -0.3 is 20.9 Å². The Morgan fingerprint density at radius 1 is 1.39 bits per heavy atom. The molecule has 18 heavy (non-hydrogen) atoms. The summed E-state index contributed by atoms with van der Waals surface area (Å²) in [4.78, 5) is 2.11. The lowest BCUT2D eigenvalue weighted by Crippen LogP contribution is -2.37. The SMILES string of the molecule is NC(=NO)c1cc(Cl)ccc1N1CCC(O)CC1. The molecule has 1 heterocycles. The van der Waals surface area contributed by atoms with E-state index < -0.39 is 0 Å². The molecule has 1 saturated heterocycles. The maximum atomic E-state index is 9.51. The molecule has 0 radical (unpaired) electrons. The van der Waals surface area contributed by atoms with Crippen molar-refractivity contribution in [3.63, 3.8) is 0 Å². The highest BCUT2D eigenvalue weighted by Gasteiger charge is 2.20. The number of aliphatic hydroxyl groups excluding tert-OH is 1. The molecule has 0 bridgehead atoms. The Morgan fingerprint density at radius 3 is 2.67 bits per heavy atom. The van der Waals surface area contributed by atoms with Crippen molar-refractivity contribution < 1.29 is 10.3 Å². The van der Waals surface area contributed by atoms with Crippen LogP contribution in [0.1, 0.15) is 18.4 Å². The lowest BCUT2D eigenvalue weighted by molar-refractivity contribution is 0.145. The van der Waals surface area contributed by atoms with E-state index in [0.717, 1.165) is 31.6 Å². The van der Waals surface area contributed by atoms with Crippen LogP contribution < -0.4 is 10.6 Å². The van der Waals surface area contributed by atoms with Crippen molar-refractivity contribution in [2.45, 2.75) is 18.9 Å². The van der Waals surface area contributed by atoms with Gasteiger partial charge in [-0.05, 0) is 31.0 Å². The number of aliphatic hydroxyl groups is 1. The molecule has 0 amide bonds. The van der Waals surface area contributed by atoms with Crippen molar-refractivity contribution in [2.75, 3.05) is 18.0 Å². The van der Waals surface area contributed by atoms with Gasteiger partial charge in [0.15, 0.2) is 5.84 Å². The number of halogens is 1. The Labute approximate surface area is 110 Å². The highest BCUT2D eigenvalue weighted by molar-refractivity contribution is 6.31. The van der Waals surface area contributed by atoms with E-state index in [1.54, 1.807) is 12.1 Å². The fraction of sp³-hybridized carbons (Fsp3) is 0.417. The number of piperidine rings is 1. The predicted octanol–water partition coefficient (Wildman–Crippen LogP) is 1.40. The van der Waals surface area contributed by atoms with E-state index >= 15 is 0 Å². The second kappa shape index (κ2) is 5.46. The number of hydrogen-bond acceptors (Lipinski definition) is 4. The number of hydrogen-bond donors (Lipinski definition) is 3. The first-order chi connectivity index (χ1) is 8.61.